The van der Waals surface area contributed by atoms with Gasteiger partial charge in [0.2, 0.25) is 0 Å². The fourth-order valence-electron chi connectivity index (χ4n) is 4.03. The van der Waals surface area contributed by atoms with Crippen LogP contribution in [0.2, 0.25) is 0 Å². The Morgan fingerprint density at radius 3 is 2.66 bits per heavy atom. The summed E-state index contributed by atoms with van der Waals surface area (Å²) >= 11 is 1.48. The summed E-state index contributed by atoms with van der Waals surface area (Å²) in [6.45, 7) is 6.75. The fraction of sp³-hybridized carbons (Fsp3) is 0.348. The van der Waals surface area contributed by atoms with Crippen LogP contribution in [-0.4, -0.2) is 16.8 Å². The van der Waals surface area contributed by atoms with Gasteiger partial charge >= 0.3 is 0 Å². The number of rotatable bonds is 3. The van der Waals surface area contributed by atoms with Crippen LogP contribution in [-0.2, 0) is 12.8 Å². The topological polar surface area (TPSA) is 85.1 Å². The van der Waals surface area contributed by atoms with Crippen LogP contribution in [0.15, 0.2) is 36.4 Å². The highest BCUT2D eigenvalue weighted by atomic mass is 32.1. The number of para-hydroxylation sites is 1. The highest BCUT2D eigenvalue weighted by molar-refractivity contribution is 7.17. The van der Waals surface area contributed by atoms with Crippen molar-refractivity contribution >= 4 is 39.1 Å². The van der Waals surface area contributed by atoms with Gasteiger partial charge in [-0.2, -0.15) is 0 Å². The van der Waals surface area contributed by atoms with Gasteiger partial charge in [0.15, 0.2) is 0 Å². The van der Waals surface area contributed by atoms with Gasteiger partial charge in [0.05, 0.1) is 11.1 Å². The second-order valence-corrected chi connectivity index (χ2v) is 9.83. The average Bonchev–Trinajstić information content (AvgIpc) is 3.04. The number of anilines is 1. The van der Waals surface area contributed by atoms with E-state index in [1.165, 1.54) is 11.3 Å². The Morgan fingerprint density at radius 1 is 1.17 bits per heavy atom. The van der Waals surface area contributed by atoms with Gasteiger partial charge in [-0.25, -0.2) is 4.98 Å². The molecule has 2 amide bonds. The van der Waals surface area contributed by atoms with Crippen LogP contribution in [0, 0.1) is 11.3 Å². The normalized spacial score (nSPS) is 16.4. The van der Waals surface area contributed by atoms with Crippen molar-refractivity contribution in [2.75, 3.05) is 5.32 Å². The number of fused-ring (bicyclic) bond motifs is 2. The summed E-state index contributed by atoms with van der Waals surface area (Å²) in [7, 11) is 0. The molecular formula is C23H25N3O2S. The number of hydrogen-bond acceptors (Lipinski definition) is 4. The molecule has 1 aliphatic carbocycles. The van der Waals surface area contributed by atoms with Crippen molar-refractivity contribution in [2.24, 2.45) is 17.1 Å². The Hall–Kier alpha value is -2.73. The average molecular weight is 408 g/mol. The molecule has 6 heteroatoms. The number of thiophene rings is 1. The van der Waals surface area contributed by atoms with Gasteiger partial charge in [-0.3, -0.25) is 9.59 Å². The van der Waals surface area contributed by atoms with Crippen molar-refractivity contribution in [3.63, 3.8) is 0 Å². The summed E-state index contributed by atoms with van der Waals surface area (Å²) in [6.07, 6.45) is 2.75. The molecule has 0 aliphatic heterocycles. The number of pyridine rings is 1. The van der Waals surface area contributed by atoms with Crippen LogP contribution < -0.4 is 11.1 Å². The molecule has 1 atom stereocenters. The lowest BCUT2D eigenvalue weighted by Gasteiger charge is -2.33. The number of benzene rings is 1. The number of carbonyl (C=O) groups excluding carboxylic acids is 2. The molecule has 29 heavy (non-hydrogen) atoms. The van der Waals surface area contributed by atoms with E-state index >= 15 is 0 Å². The van der Waals surface area contributed by atoms with Crippen molar-refractivity contribution in [1.82, 2.24) is 4.98 Å². The lowest BCUT2D eigenvalue weighted by atomic mass is 9.72. The third-order valence-corrected chi connectivity index (χ3v) is 6.96. The van der Waals surface area contributed by atoms with Crippen molar-refractivity contribution in [3.8, 4) is 0 Å². The first-order valence-corrected chi connectivity index (χ1v) is 10.7. The van der Waals surface area contributed by atoms with E-state index in [0.717, 1.165) is 40.6 Å². The number of nitrogens with one attached hydrogen (secondary N) is 1. The molecule has 4 rings (SSSR count). The highest BCUT2D eigenvalue weighted by Crippen LogP contribution is 2.44. The Balaban J connectivity index is 1.65. The third kappa shape index (κ3) is 3.77. The molecule has 2 aromatic heterocycles. The Kier molecular flexibility index (Phi) is 4.90. The first kappa shape index (κ1) is 19.6. The van der Waals surface area contributed by atoms with E-state index in [-0.39, 0.29) is 11.3 Å². The number of hydrogen-bond donors (Lipinski definition) is 2. The van der Waals surface area contributed by atoms with Crippen LogP contribution in [0.25, 0.3) is 10.9 Å². The Bertz CT molecular complexity index is 1110. The second kappa shape index (κ2) is 7.26. The van der Waals surface area contributed by atoms with E-state index in [9.17, 15) is 9.59 Å². The molecule has 0 saturated carbocycles. The number of nitrogens with two attached hydrogens (primary N) is 1. The minimum Gasteiger partial charge on any atom is -0.365 e. The molecule has 2 heterocycles. The van der Waals surface area contributed by atoms with Gasteiger partial charge in [0.1, 0.15) is 10.7 Å². The summed E-state index contributed by atoms with van der Waals surface area (Å²) in [6, 6.07) is 11.2. The maximum absolute atomic E-state index is 12.8. The molecule has 0 fully saturated rings. The van der Waals surface area contributed by atoms with Crippen molar-refractivity contribution in [1.29, 1.82) is 0 Å². The largest absolute Gasteiger partial charge is 0.365 e. The lowest BCUT2D eigenvalue weighted by Crippen LogP contribution is -2.27. The molecule has 3 aromatic rings. The molecule has 1 unspecified atom stereocenters. The molecule has 1 aliphatic rings. The van der Waals surface area contributed by atoms with E-state index in [2.05, 4.69) is 31.1 Å². The molecule has 0 bridgehead atoms. The van der Waals surface area contributed by atoms with Crippen molar-refractivity contribution in [3.05, 3.63) is 58.1 Å². The van der Waals surface area contributed by atoms with E-state index in [1.54, 1.807) is 6.07 Å². The van der Waals surface area contributed by atoms with E-state index in [1.807, 2.05) is 30.3 Å². The standard InChI is InChI=1S/C23H25N3O2S/c1-23(2,3)14-9-10-15-18(12-14)29-22(19(15)20(24)27)26-21(28)17-11-8-13-6-4-5-7-16(13)25-17/h4-8,11,14H,9-10,12H2,1-3H3,(H2,24,27)(H,26,28). The Labute approximate surface area is 174 Å². The first-order chi connectivity index (χ1) is 13.7. The maximum atomic E-state index is 12.8. The molecule has 3 N–H and O–H groups in total. The van der Waals surface area contributed by atoms with Crippen LogP contribution in [0.4, 0.5) is 5.00 Å². The zero-order valence-electron chi connectivity index (χ0n) is 16.9. The molecule has 1 aromatic carbocycles. The smallest absolute Gasteiger partial charge is 0.274 e. The number of amides is 2. The van der Waals surface area contributed by atoms with Crippen LogP contribution in [0.1, 0.15) is 58.5 Å². The molecule has 5 nitrogen and oxygen atoms in total. The predicted molar refractivity (Wildman–Crippen MR) is 118 cm³/mol. The summed E-state index contributed by atoms with van der Waals surface area (Å²) in [4.78, 5) is 30.6. The monoisotopic (exact) mass is 407 g/mol. The maximum Gasteiger partial charge on any atom is 0.274 e. The number of carbonyl (C=O) groups is 2. The van der Waals surface area contributed by atoms with E-state index in [0.29, 0.717) is 22.2 Å². The minimum absolute atomic E-state index is 0.201. The summed E-state index contributed by atoms with van der Waals surface area (Å²) < 4.78 is 0. The molecule has 0 spiro atoms. The molecule has 150 valence electrons. The molecular weight excluding hydrogens is 382 g/mol. The van der Waals surface area contributed by atoms with Crippen LogP contribution >= 0.6 is 11.3 Å². The minimum atomic E-state index is -0.488. The molecule has 0 radical (unpaired) electrons. The lowest BCUT2D eigenvalue weighted by molar-refractivity contribution is 0.1000. The van der Waals surface area contributed by atoms with Gasteiger partial charge < -0.3 is 11.1 Å². The SMILES string of the molecule is CC(C)(C)C1CCc2c(sc(NC(=O)c3ccc4ccccc4n3)c2C(N)=O)C1. The fourth-order valence-corrected chi connectivity index (χ4v) is 5.36. The summed E-state index contributed by atoms with van der Waals surface area (Å²) in [5.41, 5.74) is 8.44. The zero-order chi connectivity index (χ0) is 20.8. The van der Waals surface area contributed by atoms with Crippen molar-refractivity contribution < 1.29 is 9.59 Å². The van der Waals surface area contributed by atoms with Gasteiger partial charge in [-0.05, 0) is 48.3 Å². The zero-order valence-corrected chi connectivity index (χ0v) is 17.7. The van der Waals surface area contributed by atoms with Crippen LogP contribution in [0.5, 0.6) is 0 Å². The van der Waals surface area contributed by atoms with E-state index in [4.69, 9.17) is 5.73 Å². The first-order valence-electron chi connectivity index (χ1n) is 9.85. The van der Waals surface area contributed by atoms with Gasteiger partial charge in [0, 0.05) is 10.3 Å². The van der Waals surface area contributed by atoms with E-state index < -0.39 is 5.91 Å². The summed E-state index contributed by atoms with van der Waals surface area (Å²) in [5.74, 6) is -0.275. The number of nitrogens with zero attached hydrogens (tertiary/aromatic N) is 1. The Morgan fingerprint density at radius 2 is 1.93 bits per heavy atom. The van der Waals surface area contributed by atoms with Crippen LogP contribution in [0.3, 0.4) is 0 Å². The van der Waals surface area contributed by atoms with Gasteiger partial charge in [0.25, 0.3) is 11.8 Å². The highest BCUT2D eigenvalue weighted by Gasteiger charge is 2.33. The number of aromatic nitrogens is 1. The van der Waals surface area contributed by atoms with Crippen molar-refractivity contribution in [2.45, 2.75) is 40.0 Å². The molecule has 0 saturated heterocycles. The second-order valence-electron chi connectivity index (χ2n) is 8.72. The quantitative estimate of drug-likeness (QED) is 0.654. The van der Waals surface area contributed by atoms with Gasteiger partial charge in [-0.15, -0.1) is 11.3 Å². The third-order valence-electron chi connectivity index (χ3n) is 5.79. The summed E-state index contributed by atoms with van der Waals surface area (Å²) in [5, 5.41) is 4.41. The predicted octanol–water partition coefficient (Wildman–Crippen LogP) is 4.80. The van der Waals surface area contributed by atoms with Gasteiger partial charge in [-0.1, -0.05) is 45.0 Å². The number of primary amides is 1.